The highest BCUT2D eigenvalue weighted by atomic mass is 19.4. The first-order valence-corrected chi connectivity index (χ1v) is 10.5. The molecular weight excluding hydrogens is 435 g/mol. The third-order valence-electron chi connectivity index (χ3n) is 6.05. The van der Waals surface area contributed by atoms with Gasteiger partial charge in [0.1, 0.15) is 0 Å². The molecule has 1 unspecified atom stereocenters. The van der Waals surface area contributed by atoms with Crippen LogP contribution < -0.4 is 5.32 Å². The largest absolute Gasteiger partial charge is 0.416 e. The number of nitrogens with zero attached hydrogens (tertiary/aromatic N) is 6. The number of rotatable bonds is 4. The Hall–Kier alpha value is -3.31. The lowest BCUT2D eigenvalue weighted by molar-refractivity contribution is -0.137. The summed E-state index contributed by atoms with van der Waals surface area (Å²) < 4.78 is 42.4. The van der Waals surface area contributed by atoms with Gasteiger partial charge in [0, 0.05) is 24.9 Å². The molecule has 3 aromatic heterocycles. The van der Waals surface area contributed by atoms with Crippen LogP contribution in [0.15, 0.2) is 55.2 Å². The van der Waals surface area contributed by atoms with E-state index in [9.17, 15) is 18.3 Å². The van der Waals surface area contributed by atoms with Crippen molar-refractivity contribution in [1.82, 2.24) is 34.7 Å². The van der Waals surface area contributed by atoms with Gasteiger partial charge in [-0.1, -0.05) is 17.3 Å². The molecule has 1 aromatic carbocycles. The van der Waals surface area contributed by atoms with Gasteiger partial charge in [0.25, 0.3) is 0 Å². The molecule has 1 aliphatic rings. The molecule has 172 valence electrons. The number of benzene rings is 1. The second-order valence-electron chi connectivity index (χ2n) is 8.53. The smallest absolute Gasteiger partial charge is 0.385 e. The molecule has 1 aliphatic heterocycles. The number of imidazole rings is 1. The number of hydrogen-bond acceptors (Lipinski definition) is 6. The zero-order valence-corrected chi connectivity index (χ0v) is 17.7. The molecule has 5 rings (SSSR count). The molecule has 0 aliphatic carbocycles. The summed E-state index contributed by atoms with van der Waals surface area (Å²) in [4.78, 5) is 8.37. The number of fused-ring (bicyclic) bond motifs is 1. The lowest BCUT2D eigenvalue weighted by atomic mass is 9.78. The molecule has 1 saturated heterocycles. The Balaban J connectivity index is 1.36. The minimum Gasteiger partial charge on any atom is -0.385 e. The van der Waals surface area contributed by atoms with Crippen LogP contribution in [0.25, 0.3) is 5.65 Å². The number of hydrogen-bond donors (Lipinski definition) is 2. The van der Waals surface area contributed by atoms with Gasteiger partial charge in [-0.15, -0.1) is 5.10 Å². The summed E-state index contributed by atoms with van der Waals surface area (Å²) in [6, 6.07) is 4.35. The molecule has 4 aromatic rings. The zero-order chi connectivity index (χ0) is 23.2. The average molecular weight is 457 g/mol. The standard InChI is InChI=1S/C22H22F3N7O/c1-14-8-21(33,15-2-4-16(5-3-15)22(23,24)25)9-18(28-14)19-13-31(30-29-19)12-17-10-27-20-11-26-6-7-32(17)20/h2-7,10-11,13-14,18,28,33H,8-9,12H2,1H3/t14-,18-,21?/m0/s1. The Morgan fingerprint density at radius 2 is 1.97 bits per heavy atom. The van der Waals surface area contributed by atoms with Crippen LogP contribution in [0.1, 0.15) is 48.3 Å². The first kappa shape index (κ1) is 21.5. The SMILES string of the molecule is C[C@H]1CC(O)(c2ccc(C(F)(F)F)cc2)C[C@@H](c2cn(Cc3cnc4cnccn34)nn2)N1. The van der Waals surface area contributed by atoms with Crippen molar-refractivity contribution in [1.29, 1.82) is 0 Å². The minimum atomic E-state index is -4.42. The molecule has 3 atom stereocenters. The summed E-state index contributed by atoms with van der Waals surface area (Å²) in [6.45, 7) is 2.38. The molecule has 8 nitrogen and oxygen atoms in total. The number of halogens is 3. The van der Waals surface area contributed by atoms with Gasteiger partial charge >= 0.3 is 6.18 Å². The summed E-state index contributed by atoms with van der Waals surface area (Å²) in [5.41, 5.74) is 0.743. The van der Waals surface area contributed by atoms with Gasteiger partial charge < -0.3 is 10.4 Å². The predicted octanol–water partition coefficient (Wildman–Crippen LogP) is 3.09. The van der Waals surface area contributed by atoms with Gasteiger partial charge in [0.05, 0.1) is 53.7 Å². The second-order valence-corrected chi connectivity index (χ2v) is 8.53. The minimum absolute atomic E-state index is 0.0764. The zero-order valence-electron chi connectivity index (χ0n) is 17.7. The molecule has 4 heterocycles. The van der Waals surface area contributed by atoms with Crippen LogP contribution in [-0.2, 0) is 18.3 Å². The van der Waals surface area contributed by atoms with Gasteiger partial charge in [0.2, 0.25) is 0 Å². The molecule has 1 fully saturated rings. The van der Waals surface area contributed by atoms with E-state index >= 15 is 0 Å². The van der Waals surface area contributed by atoms with Gasteiger partial charge in [0.15, 0.2) is 5.65 Å². The molecule has 0 spiro atoms. The monoisotopic (exact) mass is 457 g/mol. The Morgan fingerprint density at radius 1 is 1.18 bits per heavy atom. The number of nitrogens with one attached hydrogen (secondary N) is 1. The summed E-state index contributed by atoms with van der Waals surface area (Å²) in [5, 5.41) is 23.3. The third kappa shape index (κ3) is 4.21. The van der Waals surface area contributed by atoms with Crippen LogP contribution in [0.2, 0.25) is 0 Å². The van der Waals surface area contributed by atoms with E-state index in [4.69, 9.17) is 0 Å². The fourth-order valence-electron chi connectivity index (χ4n) is 4.51. The summed E-state index contributed by atoms with van der Waals surface area (Å²) in [7, 11) is 0. The number of alkyl halides is 3. The second kappa shape index (κ2) is 7.92. The van der Waals surface area contributed by atoms with Crippen LogP contribution in [0, 0.1) is 0 Å². The van der Waals surface area contributed by atoms with Crippen molar-refractivity contribution in [2.45, 2.75) is 50.2 Å². The van der Waals surface area contributed by atoms with Crippen molar-refractivity contribution in [3.63, 3.8) is 0 Å². The van der Waals surface area contributed by atoms with E-state index in [1.54, 1.807) is 23.3 Å². The lowest BCUT2D eigenvalue weighted by Gasteiger charge is -2.40. The van der Waals surface area contributed by atoms with E-state index in [2.05, 4.69) is 25.6 Å². The lowest BCUT2D eigenvalue weighted by Crippen LogP contribution is -2.47. The van der Waals surface area contributed by atoms with Gasteiger partial charge in [-0.3, -0.25) is 9.38 Å². The van der Waals surface area contributed by atoms with Crippen LogP contribution in [0.4, 0.5) is 13.2 Å². The highest BCUT2D eigenvalue weighted by Crippen LogP contribution is 2.40. The quantitative estimate of drug-likeness (QED) is 0.489. The van der Waals surface area contributed by atoms with E-state index in [1.807, 2.05) is 23.7 Å². The van der Waals surface area contributed by atoms with E-state index < -0.39 is 17.3 Å². The highest BCUT2D eigenvalue weighted by molar-refractivity contribution is 5.37. The summed E-state index contributed by atoms with van der Waals surface area (Å²) in [5.74, 6) is 0. The topological polar surface area (TPSA) is 93.2 Å². The van der Waals surface area contributed by atoms with Gasteiger partial charge in [-0.25, -0.2) is 9.67 Å². The van der Waals surface area contributed by atoms with Crippen LogP contribution in [-0.4, -0.2) is 40.5 Å². The van der Waals surface area contributed by atoms with Crippen molar-refractivity contribution >= 4 is 5.65 Å². The summed E-state index contributed by atoms with van der Waals surface area (Å²) in [6.07, 6.45) is 4.96. The normalized spacial score (nSPS) is 23.8. The molecule has 33 heavy (non-hydrogen) atoms. The molecule has 2 N–H and O–H groups in total. The van der Waals surface area contributed by atoms with Crippen molar-refractivity contribution in [2.75, 3.05) is 0 Å². The Kier molecular flexibility index (Phi) is 5.17. The average Bonchev–Trinajstić information content (AvgIpc) is 3.41. The molecular formula is C22H22F3N7O. The number of aliphatic hydroxyl groups is 1. The van der Waals surface area contributed by atoms with E-state index in [1.165, 1.54) is 12.1 Å². The number of piperidine rings is 1. The molecule has 11 heteroatoms. The van der Waals surface area contributed by atoms with E-state index in [-0.39, 0.29) is 18.5 Å². The molecule has 0 amide bonds. The first-order chi connectivity index (χ1) is 15.7. The Morgan fingerprint density at radius 3 is 2.73 bits per heavy atom. The Bertz CT molecular complexity index is 1270. The van der Waals surface area contributed by atoms with Gasteiger partial charge in [-0.05, 0) is 31.0 Å². The predicted molar refractivity (Wildman–Crippen MR) is 112 cm³/mol. The Labute approximate surface area is 187 Å². The van der Waals surface area contributed by atoms with Crippen molar-refractivity contribution < 1.29 is 18.3 Å². The van der Waals surface area contributed by atoms with E-state index in [0.29, 0.717) is 24.2 Å². The highest BCUT2D eigenvalue weighted by Gasteiger charge is 2.41. The van der Waals surface area contributed by atoms with Crippen molar-refractivity contribution in [3.8, 4) is 0 Å². The van der Waals surface area contributed by atoms with Gasteiger partial charge in [-0.2, -0.15) is 13.2 Å². The fourth-order valence-corrected chi connectivity index (χ4v) is 4.51. The van der Waals surface area contributed by atoms with E-state index in [0.717, 1.165) is 23.5 Å². The maximum Gasteiger partial charge on any atom is 0.416 e. The molecule has 0 saturated carbocycles. The number of aromatic nitrogens is 6. The fraction of sp³-hybridized carbons (Fsp3) is 0.364. The first-order valence-electron chi connectivity index (χ1n) is 10.5. The molecule has 0 bridgehead atoms. The summed E-state index contributed by atoms with van der Waals surface area (Å²) >= 11 is 0. The van der Waals surface area contributed by atoms with Crippen LogP contribution >= 0.6 is 0 Å². The van der Waals surface area contributed by atoms with Crippen LogP contribution in [0.5, 0.6) is 0 Å². The maximum absolute atomic E-state index is 12.9. The maximum atomic E-state index is 12.9. The van der Waals surface area contributed by atoms with Crippen molar-refractivity contribution in [3.05, 3.63) is 77.8 Å². The van der Waals surface area contributed by atoms with Crippen molar-refractivity contribution in [2.24, 2.45) is 0 Å². The molecule has 0 radical (unpaired) electrons. The van der Waals surface area contributed by atoms with Crippen LogP contribution in [0.3, 0.4) is 0 Å². The third-order valence-corrected chi connectivity index (χ3v) is 6.05.